The third-order valence-electron chi connectivity index (χ3n) is 6.84. The second-order valence-electron chi connectivity index (χ2n) is 9.56. The number of rotatable bonds is 6. The van der Waals surface area contributed by atoms with Crippen LogP contribution in [0.2, 0.25) is 5.02 Å². The summed E-state index contributed by atoms with van der Waals surface area (Å²) in [5, 5.41) is 6.93. The first-order valence-corrected chi connectivity index (χ1v) is 12.3. The second kappa shape index (κ2) is 9.47. The molecule has 1 fully saturated rings. The number of benzene rings is 1. The predicted octanol–water partition coefficient (Wildman–Crippen LogP) is 2.26. The fraction of sp³-hybridized carbons (Fsp3) is 0.440. The molecule has 3 aliphatic rings. The Bertz CT molecular complexity index is 1150. The Morgan fingerprint density at radius 3 is 2.60 bits per heavy atom. The highest BCUT2D eigenvalue weighted by Crippen LogP contribution is 2.40. The van der Waals surface area contributed by atoms with Gasteiger partial charge in [0.25, 0.3) is 0 Å². The highest BCUT2D eigenvalue weighted by molar-refractivity contribution is 6.30. The minimum Gasteiger partial charge on any atom is -0.359 e. The highest BCUT2D eigenvalue weighted by atomic mass is 35.5. The van der Waals surface area contributed by atoms with Gasteiger partial charge in [0.2, 0.25) is 11.8 Å². The number of halogens is 1. The molecule has 1 aliphatic carbocycles. The van der Waals surface area contributed by atoms with Gasteiger partial charge in [-0.2, -0.15) is 0 Å². The van der Waals surface area contributed by atoms with E-state index >= 15 is 0 Å². The highest BCUT2D eigenvalue weighted by Gasteiger charge is 2.44. The number of nitrogens with zero attached hydrogens (tertiary/aromatic N) is 5. The zero-order valence-corrected chi connectivity index (χ0v) is 20.9. The van der Waals surface area contributed by atoms with Gasteiger partial charge in [-0.1, -0.05) is 49.7 Å². The first kappa shape index (κ1) is 23.6. The minimum absolute atomic E-state index is 0.0154. The lowest BCUT2D eigenvalue weighted by Crippen LogP contribution is -2.64. The summed E-state index contributed by atoms with van der Waals surface area (Å²) in [7, 11) is 1.87. The molecule has 3 heterocycles. The number of fused-ring (bicyclic) bond motifs is 2. The van der Waals surface area contributed by atoms with Crippen LogP contribution in [0.25, 0.3) is 0 Å². The van der Waals surface area contributed by atoms with E-state index in [1.807, 2.05) is 41.1 Å². The molecule has 0 spiro atoms. The maximum atomic E-state index is 13.9. The molecule has 184 valence electrons. The molecule has 0 unspecified atom stereocenters. The molecular formula is C25H30ClN7O2. The molecule has 0 bridgehead atoms. The molecule has 10 heteroatoms. The van der Waals surface area contributed by atoms with Crippen molar-refractivity contribution in [2.75, 3.05) is 48.3 Å². The maximum absolute atomic E-state index is 13.9. The first-order chi connectivity index (χ1) is 16.8. The van der Waals surface area contributed by atoms with Crippen molar-refractivity contribution < 1.29 is 9.59 Å². The Kier molecular flexibility index (Phi) is 6.37. The van der Waals surface area contributed by atoms with Crippen molar-refractivity contribution in [3.8, 4) is 0 Å². The number of amides is 2. The average molecular weight is 496 g/mol. The lowest BCUT2D eigenvalue weighted by Gasteiger charge is -2.51. The van der Waals surface area contributed by atoms with Gasteiger partial charge in [0, 0.05) is 37.7 Å². The van der Waals surface area contributed by atoms with Gasteiger partial charge < -0.3 is 25.3 Å². The van der Waals surface area contributed by atoms with Crippen molar-refractivity contribution in [3.63, 3.8) is 0 Å². The molecule has 2 N–H and O–H groups in total. The van der Waals surface area contributed by atoms with Gasteiger partial charge >= 0.3 is 0 Å². The van der Waals surface area contributed by atoms with Crippen LogP contribution >= 0.6 is 11.6 Å². The van der Waals surface area contributed by atoms with Crippen LogP contribution in [0, 0.1) is 0 Å². The SMILES string of the molecule is CC(C)NC[C@@H](C(=O)N1CCN(c2ncnc3c2N(C)CC(=O)N3)[C@H]2C=C[C@H]21)c1ccc(Cl)cc1. The van der Waals surface area contributed by atoms with Crippen LogP contribution < -0.4 is 20.4 Å². The van der Waals surface area contributed by atoms with Gasteiger partial charge in [0.15, 0.2) is 11.6 Å². The molecular weight excluding hydrogens is 466 g/mol. The number of carbonyl (C=O) groups is 2. The van der Waals surface area contributed by atoms with Gasteiger partial charge in [0.1, 0.15) is 12.0 Å². The van der Waals surface area contributed by atoms with E-state index in [0.29, 0.717) is 30.5 Å². The summed E-state index contributed by atoms with van der Waals surface area (Å²) in [6.07, 6.45) is 5.68. The van der Waals surface area contributed by atoms with Crippen molar-refractivity contribution in [1.29, 1.82) is 0 Å². The third kappa shape index (κ3) is 4.46. The molecule has 1 aromatic carbocycles. The fourth-order valence-corrected chi connectivity index (χ4v) is 5.12. The lowest BCUT2D eigenvalue weighted by atomic mass is 9.88. The van der Waals surface area contributed by atoms with Crippen molar-refractivity contribution in [1.82, 2.24) is 20.2 Å². The number of hydrogen-bond donors (Lipinski definition) is 2. The molecule has 0 saturated carbocycles. The van der Waals surface area contributed by atoms with E-state index in [1.165, 1.54) is 6.33 Å². The monoisotopic (exact) mass is 495 g/mol. The minimum atomic E-state index is -0.302. The molecule has 2 aliphatic heterocycles. The van der Waals surface area contributed by atoms with E-state index in [-0.39, 0.29) is 42.4 Å². The van der Waals surface area contributed by atoms with Gasteiger partial charge in [-0.15, -0.1) is 0 Å². The molecule has 2 amide bonds. The normalized spacial score (nSPS) is 21.9. The van der Waals surface area contributed by atoms with Crippen LogP contribution in [0.1, 0.15) is 25.3 Å². The predicted molar refractivity (Wildman–Crippen MR) is 137 cm³/mol. The Morgan fingerprint density at radius 2 is 1.91 bits per heavy atom. The van der Waals surface area contributed by atoms with Crippen molar-refractivity contribution >= 4 is 40.7 Å². The largest absolute Gasteiger partial charge is 0.359 e. The molecule has 35 heavy (non-hydrogen) atoms. The zero-order chi connectivity index (χ0) is 24.7. The maximum Gasteiger partial charge on any atom is 0.245 e. The zero-order valence-electron chi connectivity index (χ0n) is 20.1. The summed E-state index contributed by atoms with van der Waals surface area (Å²) in [5.74, 6) is 1.01. The summed E-state index contributed by atoms with van der Waals surface area (Å²) >= 11 is 6.10. The van der Waals surface area contributed by atoms with Gasteiger partial charge in [-0.05, 0) is 17.7 Å². The smallest absolute Gasteiger partial charge is 0.245 e. The van der Waals surface area contributed by atoms with E-state index in [0.717, 1.165) is 17.1 Å². The van der Waals surface area contributed by atoms with E-state index in [9.17, 15) is 9.59 Å². The number of hydrogen-bond acceptors (Lipinski definition) is 7. The van der Waals surface area contributed by atoms with Crippen molar-refractivity contribution in [3.05, 3.63) is 53.3 Å². The van der Waals surface area contributed by atoms with Crippen LogP contribution in [0.15, 0.2) is 42.7 Å². The van der Waals surface area contributed by atoms with Crippen LogP contribution in [0.5, 0.6) is 0 Å². The summed E-state index contributed by atoms with van der Waals surface area (Å²) in [5.41, 5.74) is 1.77. The molecule has 0 radical (unpaired) electrons. The Hall–Kier alpha value is -3.17. The lowest BCUT2D eigenvalue weighted by molar-refractivity contribution is -0.135. The third-order valence-corrected chi connectivity index (χ3v) is 7.09. The Labute approximate surface area is 210 Å². The first-order valence-electron chi connectivity index (χ1n) is 11.9. The number of aromatic nitrogens is 2. The second-order valence-corrected chi connectivity index (χ2v) is 9.99. The summed E-state index contributed by atoms with van der Waals surface area (Å²) in [6, 6.07) is 7.80. The summed E-state index contributed by atoms with van der Waals surface area (Å²) in [4.78, 5) is 40.8. The quantitative estimate of drug-likeness (QED) is 0.594. The molecule has 9 nitrogen and oxygen atoms in total. The van der Waals surface area contributed by atoms with Crippen LogP contribution in [-0.2, 0) is 9.59 Å². The summed E-state index contributed by atoms with van der Waals surface area (Å²) in [6.45, 7) is 6.17. The van der Waals surface area contributed by atoms with Crippen molar-refractivity contribution in [2.45, 2.75) is 37.9 Å². The van der Waals surface area contributed by atoms with E-state index in [2.05, 4.69) is 51.5 Å². The molecule has 1 aromatic heterocycles. The van der Waals surface area contributed by atoms with Crippen LogP contribution in [0.3, 0.4) is 0 Å². The van der Waals surface area contributed by atoms with E-state index < -0.39 is 0 Å². The Balaban J connectivity index is 1.39. The molecule has 3 atom stereocenters. The number of piperazine rings is 1. The van der Waals surface area contributed by atoms with Crippen molar-refractivity contribution in [2.24, 2.45) is 0 Å². The average Bonchev–Trinajstić information content (AvgIpc) is 2.79. The number of likely N-dealkylation sites (N-methyl/N-ethyl adjacent to an activating group) is 1. The summed E-state index contributed by atoms with van der Waals surface area (Å²) < 4.78 is 0. The van der Waals surface area contributed by atoms with E-state index in [1.54, 1.807) is 0 Å². The van der Waals surface area contributed by atoms with E-state index in [4.69, 9.17) is 11.6 Å². The molecule has 1 saturated heterocycles. The van der Waals surface area contributed by atoms with Gasteiger partial charge in [-0.3, -0.25) is 9.59 Å². The number of anilines is 3. The fourth-order valence-electron chi connectivity index (χ4n) is 4.99. The topological polar surface area (TPSA) is 93.7 Å². The standard InChI is InChI=1S/C25H30ClN7O2/c1-15(2)27-12-18(16-4-6-17(26)7-5-16)25(35)33-11-10-32(19-8-9-20(19)33)24-22-23(28-14-29-24)30-21(34)13-31(22)3/h4-9,14-15,18-20,27H,10-13H2,1-3H3,(H,28,29,30,34)/t18-,19+,20-/m1/s1. The van der Waals surface area contributed by atoms with Crippen LogP contribution in [-0.4, -0.2) is 78.0 Å². The Morgan fingerprint density at radius 1 is 1.17 bits per heavy atom. The number of carbonyl (C=O) groups excluding carboxylic acids is 2. The van der Waals surface area contributed by atoms with Crippen LogP contribution in [0.4, 0.5) is 17.3 Å². The van der Waals surface area contributed by atoms with Gasteiger partial charge in [-0.25, -0.2) is 9.97 Å². The molecule has 5 rings (SSSR count). The number of nitrogens with one attached hydrogen (secondary N) is 2. The molecule has 2 aromatic rings. The van der Waals surface area contributed by atoms with Gasteiger partial charge in [0.05, 0.1) is 24.5 Å².